The zero-order chi connectivity index (χ0) is 19.5. The molecule has 1 aliphatic heterocycles. The predicted molar refractivity (Wildman–Crippen MR) is 114 cm³/mol. The Hall–Kier alpha value is -3.31. The number of hydrogen-bond donors (Lipinski definition) is 3. The van der Waals surface area contributed by atoms with Crippen molar-refractivity contribution in [1.82, 2.24) is 0 Å². The molecule has 28 heavy (non-hydrogen) atoms. The van der Waals surface area contributed by atoms with Crippen LogP contribution in [0.2, 0.25) is 0 Å². The number of nitrogens with two attached hydrogens (primary N) is 1. The summed E-state index contributed by atoms with van der Waals surface area (Å²) in [5.74, 6) is -0.204. The van der Waals surface area contributed by atoms with Crippen LogP contribution in [0.25, 0.3) is 11.1 Å². The molecule has 1 amide bonds. The summed E-state index contributed by atoms with van der Waals surface area (Å²) in [4.78, 5) is 14.8. The lowest BCUT2D eigenvalue weighted by Crippen LogP contribution is -2.21. The largest absolute Gasteiger partial charge is 0.397 e. The van der Waals surface area contributed by atoms with Crippen molar-refractivity contribution >= 4 is 23.0 Å². The topological polar surface area (TPSA) is 78.6 Å². The standard InChI is InChI=1S/C23H23N3O2/c24-21-11-8-18(16-4-2-1-3-5-16)14-22(21)25-23(28)17-6-9-19(10-7-17)26-13-12-20(27)15-26/h1-11,14,20,27H,12-13,15,24H2,(H,25,28)/t20-/m1/s1. The van der Waals surface area contributed by atoms with Gasteiger partial charge in [0.05, 0.1) is 17.5 Å². The van der Waals surface area contributed by atoms with Crippen LogP contribution < -0.4 is 16.0 Å². The van der Waals surface area contributed by atoms with E-state index in [1.165, 1.54) is 0 Å². The molecular formula is C23H23N3O2. The second kappa shape index (κ2) is 7.74. The van der Waals surface area contributed by atoms with Crippen LogP contribution in [0.1, 0.15) is 16.8 Å². The Kier molecular flexibility index (Phi) is 5.00. The minimum absolute atomic E-state index is 0.204. The number of nitrogens with zero attached hydrogens (tertiary/aromatic N) is 1. The van der Waals surface area contributed by atoms with Gasteiger partial charge in [-0.2, -0.15) is 0 Å². The third kappa shape index (κ3) is 3.85. The fourth-order valence-corrected chi connectivity index (χ4v) is 3.47. The number of hydrogen-bond acceptors (Lipinski definition) is 4. The highest BCUT2D eigenvalue weighted by molar-refractivity contribution is 6.06. The fourth-order valence-electron chi connectivity index (χ4n) is 3.47. The number of aliphatic hydroxyl groups is 1. The quantitative estimate of drug-likeness (QED) is 0.609. The van der Waals surface area contributed by atoms with E-state index in [4.69, 9.17) is 5.73 Å². The molecule has 0 saturated carbocycles. The lowest BCUT2D eigenvalue weighted by atomic mass is 10.0. The van der Waals surface area contributed by atoms with Gasteiger partial charge in [0.2, 0.25) is 0 Å². The van der Waals surface area contributed by atoms with Crippen LogP contribution in [0, 0.1) is 0 Å². The SMILES string of the molecule is Nc1ccc(-c2ccccc2)cc1NC(=O)c1ccc(N2CC[C@@H](O)C2)cc1. The summed E-state index contributed by atoms with van der Waals surface area (Å²) < 4.78 is 0. The van der Waals surface area contributed by atoms with Gasteiger partial charge in [0.1, 0.15) is 0 Å². The summed E-state index contributed by atoms with van der Waals surface area (Å²) in [6.07, 6.45) is 0.502. The normalized spacial score (nSPS) is 16.2. The monoisotopic (exact) mass is 373 g/mol. The van der Waals surface area contributed by atoms with E-state index in [2.05, 4.69) is 10.2 Å². The van der Waals surface area contributed by atoms with Gasteiger partial charge in [-0.3, -0.25) is 4.79 Å². The van der Waals surface area contributed by atoms with Crippen LogP contribution in [0.15, 0.2) is 72.8 Å². The maximum atomic E-state index is 12.7. The summed E-state index contributed by atoms with van der Waals surface area (Å²) in [6.45, 7) is 1.46. The summed E-state index contributed by atoms with van der Waals surface area (Å²) in [5.41, 5.74) is 10.8. The Morgan fingerprint density at radius 1 is 1.00 bits per heavy atom. The molecule has 0 spiro atoms. The number of aliphatic hydroxyl groups excluding tert-OH is 1. The van der Waals surface area contributed by atoms with Crippen LogP contribution >= 0.6 is 0 Å². The second-order valence-electron chi connectivity index (χ2n) is 7.06. The maximum absolute atomic E-state index is 12.7. The number of nitrogen functional groups attached to an aromatic ring is 1. The average molecular weight is 373 g/mol. The Labute approximate surface area is 164 Å². The number of benzene rings is 3. The predicted octanol–water partition coefficient (Wildman–Crippen LogP) is 3.76. The third-order valence-corrected chi connectivity index (χ3v) is 5.07. The highest BCUT2D eigenvalue weighted by atomic mass is 16.3. The Balaban J connectivity index is 1.50. The van der Waals surface area contributed by atoms with Crippen molar-refractivity contribution < 1.29 is 9.90 Å². The molecule has 4 rings (SSSR count). The molecule has 142 valence electrons. The lowest BCUT2D eigenvalue weighted by molar-refractivity contribution is 0.102. The Morgan fingerprint density at radius 2 is 1.75 bits per heavy atom. The molecule has 1 heterocycles. The van der Waals surface area contributed by atoms with Crippen LogP contribution in [-0.2, 0) is 0 Å². The molecule has 3 aromatic rings. The van der Waals surface area contributed by atoms with Crippen LogP contribution in [0.5, 0.6) is 0 Å². The number of rotatable bonds is 4. The van der Waals surface area contributed by atoms with Crippen molar-refractivity contribution in [2.45, 2.75) is 12.5 Å². The molecule has 4 N–H and O–H groups in total. The van der Waals surface area contributed by atoms with Gasteiger partial charge >= 0.3 is 0 Å². The van der Waals surface area contributed by atoms with Gasteiger partial charge in [-0.25, -0.2) is 0 Å². The minimum Gasteiger partial charge on any atom is -0.397 e. The van der Waals surface area contributed by atoms with Crippen molar-refractivity contribution in [2.24, 2.45) is 0 Å². The number of carbonyl (C=O) groups excluding carboxylic acids is 1. The molecule has 1 aliphatic rings. The molecule has 3 aromatic carbocycles. The highest BCUT2D eigenvalue weighted by Crippen LogP contribution is 2.28. The van der Waals surface area contributed by atoms with Crippen molar-refractivity contribution in [3.05, 3.63) is 78.4 Å². The molecule has 1 atom stereocenters. The van der Waals surface area contributed by atoms with Crippen molar-refractivity contribution in [1.29, 1.82) is 0 Å². The Bertz CT molecular complexity index is 971. The van der Waals surface area contributed by atoms with E-state index in [0.717, 1.165) is 29.8 Å². The molecule has 0 radical (unpaired) electrons. The van der Waals surface area contributed by atoms with Gasteiger partial charge in [0.15, 0.2) is 0 Å². The smallest absolute Gasteiger partial charge is 0.255 e. The first kappa shape index (κ1) is 18.1. The van der Waals surface area contributed by atoms with Gasteiger partial charge in [-0.05, 0) is 53.9 Å². The van der Waals surface area contributed by atoms with Gasteiger partial charge < -0.3 is 21.1 Å². The van der Waals surface area contributed by atoms with Crippen molar-refractivity contribution in [2.75, 3.05) is 29.0 Å². The summed E-state index contributed by atoms with van der Waals surface area (Å²) in [7, 11) is 0. The molecule has 5 nitrogen and oxygen atoms in total. The first-order chi connectivity index (χ1) is 13.6. The summed E-state index contributed by atoms with van der Waals surface area (Å²) in [6, 6.07) is 23.0. The highest BCUT2D eigenvalue weighted by Gasteiger charge is 2.20. The van der Waals surface area contributed by atoms with E-state index in [9.17, 15) is 9.90 Å². The van der Waals surface area contributed by atoms with Gasteiger partial charge in [0.25, 0.3) is 5.91 Å². The molecule has 0 aromatic heterocycles. The molecular weight excluding hydrogens is 350 g/mol. The zero-order valence-corrected chi connectivity index (χ0v) is 15.5. The third-order valence-electron chi connectivity index (χ3n) is 5.07. The van der Waals surface area contributed by atoms with Gasteiger partial charge in [-0.15, -0.1) is 0 Å². The molecule has 0 bridgehead atoms. The zero-order valence-electron chi connectivity index (χ0n) is 15.5. The molecule has 0 aliphatic carbocycles. The number of β-amino-alcohol motifs (C(OH)–C–C–N with tert-alkyl or cyclic N) is 1. The number of anilines is 3. The Morgan fingerprint density at radius 3 is 2.43 bits per heavy atom. The van der Waals surface area contributed by atoms with Crippen LogP contribution in [0.3, 0.4) is 0 Å². The average Bonchev–Trinajstić information content (AvgIpc) is 3.17. The summed E-state index contributed by atoms with van der Waals surface area (Å²) >= 11 is 0. The van der Waals surface area contributed by atoms with Crippen molar-refractivity contribution in [3.63, 3.8) is 0 Å². The van der Waals surface area contributed by atoms with Gasteiger partial charge in [0, 0.05) is 24.3 Å². The number of amides is 1. The molecule has 0 unspecified atom stereocenters. The van der Waals surface area contributed by atoms with E-state index >= 15 is 0 Å². The lowest BCUT2D eigenvalue weighted by Gasteiger charge is -2.18. The molecule has 1 fully saturated rings. The number of nitrogens with one attached hydrogen (secondary N) is 1. The number of carbonyl (C=O) groups is 1. The molecule has 5 heteroatoms. The van der Waals surface area contributed by atoms with Gasteiger partial charge in [-0.1, -0.05) is 36.4 Å². The first-order valence-electron chi connectivity index (χ1n) is 9.39. The van der Waals surface area contributed by atoms with E-state index < -0.39 is 0 Å². The minimum atomic E-state index is -0.275. The first-order valence-corrected chi connectivity index (χ1v) is 9.39. The second-order valence-corrected chi connectivity index (χ2v) is 7.06. The van der Waals surface area contributed by atoms with Crippen LogP contribution in [-0.4, -0.2) is 30.2 Å². The van der Waals surface area contributed by atoms with E-state index in [1.807, 2.05) is 54.6 Å². The molecule has 1 saturated heterocycles. The van der Waals surface area contributed by atoms with E-state index in [0.29, 0.717) is 23.5 Å². The maximum Gasteiger partial charge on any atom is 0.255 e. The summed E-state index contributed by atoms with van der Waals surface area (Å²) in [5, 5.41) is 12.6. The fraction of sp³-hybridized carbons (Fsp3) is 0.174. The van der Waals surface area contributed by atoms with E-state index in [1.54, 1.807) is 18.2 Å². The van der Waals surface area contributed by atoms with E-state index in [-0.39, 0.29) is 12.0 Å². The van der Waals surface area contributed by atoms with Crippen LogP contribution in [0.4, 0.5) is 17.1 Å². The van der Waals surface area contributed by atoms with Crippen molar-refractivity contribution in [3.8, 4) is 11.1 Å².